The molecule has 0 atom stereocenters. The zero-order valence-corrected chi connectivity index (χ0v) is 12.0. The van der Waals surface area contributed by atoms with Crippen molar-refractivity contribution >= 4 is 5.78 Å². The number of allylic oxidation sites excluding steroid dienone is 2. The van der Waals surface area contributed by atoms with E-state index in [2.05, 4.69) is 18.2 Å². The molecule has 0 spiro atoms. The molecule has 2 aliphatic rings. The van der Waals surface area contributed by atoms with E-state index in [1.807, 2.05) is 6.07 Å². The average molecular weight is 270 g/mol. The highest BCUT2D eigenvalue weighted by Gasteiger charge is 2.13. The molecular formula is C18H22O2. The first kappa shape index (κ1) is 13.4. The normalized spacial score (nSPS) is 17.3. The molecule has 0 saturated heterocycles. The van der Waals surface area contributed by atoms with Gasteiger partial charge in [0.25, 0.3) is 0 Å². The van der Waals surface area contributed by atoms with Crippen LogP contribution in [0, 0.1) is 0 Å². The van der Waals surface area contributed by atoms with Gasteiger partial charge in [0, 0.05) is 19.3 Å². The molecule has 2 nitrogen and oxygen atoms in total. The fourth-order valence-electron chi connectivity index (χ4n) is 3.09. The molecule has 1 aromatic carbocycles. The number of Topliss-reactive ketones (excluding diaryl/α,β-unsaturated/α-hetero) is 1. The van der Waals surface area contributed by atoms with Crippen molar-refractivity contribution < 1.29 is 9.53 Å². The second-order valence-corrected chi connectivity index (χ2v) is 5.86. The van der Waals surface area contributed by atoms with Crippen LogP contribution in [0.3, 0.4) is 0 Å². The molecule has 1 aliphatic heterocycles. The van der Waals surface area contributed by atoms with Crippen LogP contribution in [0.5, 0.6) is 5.75 Å². The van der Waals surface area contributed by atoms with Crippen LogP contribution in [0.4, 0.5) is 0 Å². The first-order valence-corrected chi connectivity index (χ1v) is 7.75. The largest absolute Gasteiger partial charge is 0.493 e. The molecule has 0 N–H and O–H groups in total. The van der Waals surface area contributed by atoms with E-state index in [1.54, 1.807) is 0 Å². The highest BCUT2D eigenvalue weighted by molar-refractivity contribution is 5.81. The minimum absolute atomic E-state index is 0.384. The summed E-state index contributed by atoms with van der Waals surface area (Å²) in [5.41, 5.74) is 3.92. The van der Waals surface area contributed by atoms with Gasteiger partial charge >= 0.3 is 0 Å². The van der Waals surface area contributed by atoms with E-state index in [0.717, 1.165) is 38.0 Å². The van der Waals surface area contributed by atoms with Gasteiger partial charge in [-0.1, -0.05) is 23.8 Å². The summed E-state index contributed by atoms with van der Waals surface area (Å²) in [5, 5.41) is 0. The van der Waals surface area contributed by atoms with Crippen molar-refractivity contribution in [3.05, 3.63) is 41.0 Å². The highest BCUT2D eigenvalue weighted by atomic mass is 16.5. The van der Waals surface area contributed by atoms with Gasteiger partial charge in [0.15, 0.2) is 0 Å². The number of carbonyl (C=O) groups excluding carboxylic acids is 1. The SMILES string of the molecule is O=C(CCc1ccc2c(c1)CCO2)CC1=CCCCC1. The minimum atomic E-state index is 0.384. The summed E-state index contributed by atoms with van der Waals surface area (Å²) < 4.78 is 5.51. The molecule has 2 heteroatoms. The Hall–Kier alpha value is -1.57. The summed E-state index contributed by atoms with van der Waals surface area (Å²) in [5.74, 6) is 1.40. The molecule has 1 aliphatic carbocycles. The molecule has 3 rings (SSSR count). The fraction of sp³-hybridized carbons (Fsp3) is 0.500. The van der Waals surface area contributed by atoms with Crippen LogP contribution < -0.4 is 4.74 Å². The predicted molar refractivity (Wildman–Crippen MR) is 80.1 cm³/mol. The summed E-state index contributed by atoms with van der Waals surface area (Å²) in [7, 11) is 0. The molecule has 0 saturated carbocycles. The lowest BCUT2D eigenvalue weighted by Gasteiger charge is -2.11. The van der Waals surface area contributed by atoms with Gasteiger partial charge in [-0.25, -0.2) is 0 Å². The average Bonchev–Trinajstić information content (AvgIpc) is 2.93. The second kappa shape index (κ2) is 6.25. The van der Waals surface area contributed by atoms with E-state index in [1.165, 1.54) is 29.5 Å². The van der Waals surface area contributed by atoms with Crippen molar-refractivity contribution in [2.75, 3.05) is 6.61 Å². The number of ketones is 1. The number of hydrogen-bond donors (Lipinski definition) is 0. The summed E-state index contributed by atoms with van der Waals surface area (Å²) in [6, 6.07) is 6.35. The Morgan fingerprint density at radius 1 is 1.20 bits per heavy atom. The van der Waals surface area contributed by atoms with Crippen molar-refractivity contribution in [3.63, 3.8) is 0 Å². The maximum atomic E-state index is 12.1. The molecule has 0 amide bonds. The Balaban J connectivity index is 1.51. The molecule has 1 heterocycles. The van der Waals surface area contributed by atoms with Crippen molar-refractivity contribution in [2.24, 2.45) is 0 Å². The first-order chi connectivity index (χ1) is 9.81. The van der Waals surface area contributed by atoms with E-state index in [-0.39, 0.29) is 0 Å². The van der Waals surface area contributed by atoms with Gasteiger partial charge in [-0.2, -0.15) is 0 Å². The molecule has 0 bridgehead atoms. The summed E-state index contributed by atoms with van der Waals surface area (Å²) in [6.45, 7) is 0.797. The van der Waals surface area contributed by atoms with Crippen molar-refractivity contribution in [3.8, 4) is 5.75 Å². The number of benzene rings is 1. The van der Waals surface area contributed by atoms with Gasteiger partial charge in [0.05, 0.1) is 6.61 Å². The number of aryl methyl sites for hydroxylation is 1. The number of fused-ring (bicyclic) bond motifs is 1. The highest BCUT2D eigenvalue weighted by Crippen LogP contribution is 2.26. The van der Waals surface area contributed by atoms with Crippen LogP contribution in [-0.4, -0.2) is 12.4 Å². The van der Waals surface area contributed by atoms with E-state index >= 15 is 0 Å². The van der Waals surface area contributed by atoms with E-state index < -0.39 is 0 Å². The molecular weight excluding hydrogens is 248 g/mol. The van der Waals surface area contributed by atoms with E-state index in [9.17, 15) is 4.79 Å². The van der Waals surface area contributed by atoms with E-state index in [0.29, 0.717) is 18.6 Å². The Labute approximate surface area is 120 Å². The third-order valence-electron chi connectivity index (χ3n) is 4.26. The second-order valence-electron chi connectivity index (χ2n) is 5.86. The predicted octanol–water partition coefficient (Wildman–Crippen LogP) is 4.01. The van der Waals surface area contributed by atoms with Gasteiger partial charge in [-0.15, -0.1) is 0 Å². The van der Waals surface area contributed by atoms with Crippen LogP contribution >= 0.6 is 0 Å². The van der Waals surface area contributed by atoms with Gasteiger partial charge in [-0.3, -0.25) is 4.79 Å². The number of ether oxygens (including phenoxy) is 1. The number of hydrogen-bond acceptors (Lipinski definition) is 2. The number of carbonyl (C=O) groups is 1. The van der Waals surface area contributed by atoms with Crippen LogP contribution in [0.1, 0.15) is 49.7 Å². The van der Waals surface area contributed by atoms with Crippen LogP contribution in [0.2, 0.25) is 0 Å². The van der Waals surface area contributed by atoms with Crippen LogP contribution in [-0.2, 0) is 17.6 Å². The molecule has 20 heavy (non-hydrogen) atoms. The standard InChI is InChI=1S/C18H22O2/c19-17(13-14-4-2-1-3-5-14)8-6-15-7-9-18-16(12-15)10-11-20-18/h4,7,9,12H,1-3,5-6,8,10-11,13H2. The monoisotopic (exact) mass is 270 g/mol. The van der Waals surface area contributed by atoms with Gasteiger partial charge in [0.1, 0.15) is 11.5 Å². The van der Waals surface area contributed by atoms with Crippen LogP contribution in [0.15, 0.2) is 29.8 Å². The van der Waals surface area contributed by atoms with Crippen molar-refractivity contribution in [2.45, 2.75) is 51.4 Å². The van der Waals surface area contributed by atoms with Crippen molar-refractivity contribution in [1.82, 2.24) is 0 Å². The van der Waals surface area contributed by atoms with Gasteiger partial charge in [0.2, 0.25) is 0 Å². The molecule has 0 radical (unpaired) electrons. The Bertz CT molecular complexity index is 528. The maximum Gasteiger partial charge on any atom is 0.137 e. The number of rotatable bonds is 5. The van der Waals surface area contributed by atoms with Crippen molar-refractivity contribution in [1.29, 1.82) is 0 Å². The lowest BCUT2D eigenvalue weighted by atomic mass is 9.94. The third-order valence-corrected chi connectivity index (χ3v) is 4.26. The molecule has 0 aromatic heterocycles. The van der Waals surface area contributed by atoms with E-state index in [4.69, 9.17) is 4.74 Å². The fourth-order valence-corrected chi connectivity index (χ4v) is 3.09. The lowest BCUT2D eigenvalue weighted by molar-refractivity contribution is -0.118. The quantitative estimate of drug-likeness (QED) is 0.756. The van der Waals surface area contributed by atoms with Gasteiger partial charge < -0.3 is 4.74 Å². The zero-order chi connectivity index (χ0) is 13.8. The summed E-state index contributed by atoms with van der Waals surface area (Å²) >= 11 is 0. The Morgan fingerprint density at radius 3 is 3.00 bits per heavy atom. The summed E-state index contributed by atoms with van der Waals surface area (Å²) in [6.07, 6.45) is 10.3. The molecule has 1 aromatic rings. The smallest absolute Gasteiger partial charge is 0.137 e. The Kier molecular flexibility index (Phi) is 4.19. The minimum Gasteiger partial charge on any atom is -0.493 e. The topological polar surface area (TPSA) is 26.3 Å². The molecule has 0 fully saturated rings. The third kappa shape index (κ3) is 3.30. The zero-order valence-electron chi connectivity index (χ0n) is 12.0. The maximum absolute atomic E-state index is 12.1. The molecule has 106 valence electrons. The molecule has 0 unspecified atom stereocenters. The first-order valence-electron chi connectivity index (χ1n) is 7.75. The Morgan fingerprint density at radius 2 is 2.15 bits per heavy atom. The summed E-state index contributed by atoms with van der Waals surface area (Å²) in [4.78, 5) is 12.1. The van der Waals surface area contributed by atoms with Gasteiger partial charge in [-0.05, 0) is 49.3 Å². The lowest BCUT2D eigenvalue weighted by Crippen LogP contribution is -2.04. The van der Waals surface area contributed by atoms with Crippen LogP contribution in [0.25, 0.3) is 0 Å².